The fourth-order valence-electron chi connectivity index (χ4n) is 2.86. The molecule has 0 unspecified atom stereocenters. The Hall–Kier alpha value is -3.46. The lowest BCUT2D eigenvalue weighted by Crippen LogP contribution is -2.35. The molecule has 4 rings (SSSR count). The van der Waals surface area contributed by atoms with Gasteiger partial charge in [-0.25, -0.2) is 4.79 Å². The van der Waals surface area contributed by atoms with Gasteiger partial charge in [0.25, 0.3) is 5.91 Å². The van der Waals surface area contributed by atoms with Crippen LogP contribution in [0.1, 0.15) is 30.0 Å². The molecule has 2 aliphatic rings. The van der Waals surface area contributed by atoms with Crippen LogP contribution in [0.5, 0.6) is 0 Å². The van der Waals surface area contributed by atoms with Gasteiger partial charge in [-0.3, -0.25) is 10.2 Å². The normalized spacial score (nSPS) is 17.3. The van der Waals surface area contributed by atoms with E-state index in [9.17, 15) is 9.59 Å². The second-order valence-electron chi connectivity index (χ2n) is 6.88. The lowest BCUT2D eigenvalue weighted by molar-refractivity contribution is -0.114. The number of ether oxygens (including phenoxy) is 1. The topological polar surface area (TPSA) is 108 Å². The molecule has 0 aliphatic carbocycles. The third-order valence-corrected chi connectivity index (χ3v) is 5.68. The van der Waals surface area contributed by atoms with E-state index in [1.165, 1.54) is 30.0 Å². The van der Waals surface area contributed by atoms with Gasteiger partial charge in [-0.15, -0.1) is 0 Å². The minimum Gasteiger partial charge on any atom is -0.465 e. The van der Waals surface area contributed by atoms with Crippen LogP contribution in [0.15, 0.2) is 56.5 Å². The van der Waals surface area contributed by atoms with Crippen molar-refractivity contribution in [2.24, 2.45) is 16.0 Å². The summed E-state index contributed by atoms with van der Waals surface area (Å²) in [6.07, 6.45) is 1.49. The Balaban J connectivity index is 1.59. The Labute approximate surface area is 176 Å². The zero-order valence-electron chi connectivity index (χ0n) is 16.5. The van der Waals surface area contributed by atoms with E-state index >= 15 is 0 Å². The monoisotopic (exact) mass is 422 g/mol. The number of hydrogen-bond acceptors (Lipinski definition) is 7. The summed E-state index contributed by atoms with van der Waals surface area (Å²) in [5.74, 6) is 0.205. The van der Waals surface area contributed by atoms with Crippen LogP contribution in [-0.2, 0) is 9.53 Å². The number of esters is 1. The number of hydrogen-bond donors (Lipinski definition) is 1. The van der Waals surface area contributed by atoms with Crippen molar-refractivity contribution in [1.82, 2.24) is 5.01 Å². The molecule has 0 saturated heterocycles. The van der Waals surface area contributed by atoms with Crippen LogP contribution in [0.4, 0.5) is 0 Å². The summed E-state index contributed by atoms with van der Waals surface area (Å²) in [5, 5.41) is 15.4. The number of carbonyl (C=O) groups excluding carboxylic acids is 2. The van der Waals surface area contributed by atoms with Gasteiger partial charge in [0.05, 0.1) is 18.2 Å². The molecule has 0 atom stereocenters. The third kappa shape index (κ3) is 3.59. The molecule has 1 aromatic heterocycles. The van der Waals surface area contributed by atoms with E-state index in [0.29, 0.717) is 22.3 Å². The molecule has 8 nitrogen and oxygen atoms in total. The molecular weight excluding hydrogens is 404 g/mol. The number of furan rings is 1. The average Bonchev–Trinajstić information content (AvgIpc) is 3.38. The molecule has 0 radical (unpaired) electrons. The van der Waals surface area contributed by atoms with Gasteiger partial charge in [-0.1, -0.05) is 26.0 Å². The van der Waals surface area contributed by atoms with E-state index in [4.69, 9.17) is 14.6 Å². The number of nitrogens with one attached hydrogen (secondary N) is 1. The van der Waals surface area contributed by atoms with Gasteiger partial charge >= 0.3 is 5.97 Å². The number of benzene rings is 1. The van der Waals surface area contributed by atoms with Gasteiger partial charge in [0.15, 0.2) is 5.84 Å². The van der Waals surface area contributed by atoms with Gasteiger partial charge in [0.1, 0.15) is 16.6 Å². The number of rotatable bonds is 4. The highest BCUT2D eigenvalue weighted by Gasteiger charge is 2.36. The van der Waals surface area contributed by atoms with Crippen LogP contribution >= 0.6 is 11.8 Å². The molecule has 9 heteroatoms. The minimum atomic E-state index is -0.501. The molecule has 1 amide bonds. The molecule has 2 aliphatic heterocycles. The van der Waals surface area contributed by atoms with Crippen LogP contribution in [0.3, 0.4) is 0 Å². The number of amides is 1. The highest BCUT2D eigenvalue weighted by molar-refractivity contribution is 8.27. The van der Waals surface area contributed by atoms with Crippen molar-refractivity contribution in [3.05, 3.63) is 53.3 Å². The number of carbonyl (C=O) groups is 2. The van der Waals surface area contributed by atoms with Crippen molar-refractivity contribution in [3.63, 3.8) is 0 Å². The second kappa shape index (κ2) is 7.75. The zero-order chi connectivity index (χ0) is 21.4. The summed E-state index contributed by atoms with van der Waals surface area (Å²) in [6, 6.07) is 10.2. The van der Waals surface area contributed by atoms with Crippen LogP contribution in [0.25, 0.3) is 17.4 Å². The lowest BCUT2D eigenvalue weighted by Gasteiger charge is -2.19. The summed E-state index contributed by atoms with van der Waals surface area (Å²) < 4.78 is 10.5. The van der Waals surface area contributed by atoms with E-state index in [1.54, 1.807) is 36.4 Å². The molecule has 0 fully saturated rings. The Morgan fingerprint density at radius 1 is 1.23 bits per heavy atom. The smallest absolute Gasteiger partial charge is 0.337 e. The largest absolute Gasteiger partial charge is 0.465 e. The molecule has 0 saturated carbocycles. The van der Waals surface area contributed by atoms with Crippen LogP contribution < -0.4 is 0 Å². The van der Waals surface area contributed by atoms with Crippen molar-refractivity contribution in [2.45, 2.75) is 13.8 Å². The molecule has 30 heavy (non-hydrogen) atoms. The van der Waals surface area contributed by atoms with Gasteiger partial charge in [0, 0.05) is 11.5 Å². The predicted octanol–water partition coefficient (Wildman–Crippen LogP) is 4.01. The summed E-state index contributed by atoms with van der Waals surface area (Å²) >= 11 is 1.31. The lowest BCUT2D eigenvalue weighted by atomic mass is 10.1. The Morgan fingerprint density at radius 3 is 2.63 bits per heavy atom. The first kappa shape index (κ1) is 19.8. The highest BCUT2D eigenvalue weighted by Crippen LogP contribution is 2.31. The number of amidine groups is 2. The molecule has 0 bridgehead atoms. The zero-order valence-corrected chi connectivity index (χ0v) is 17.3. The summed E-state index contributed by atoms with van der Waals surface area (Å²) in [6.45, 7) is 3.99. The Kier molecular flexibility index (Phi) is 5.13. The maximum Gasteiger partial charge on any atom is 0.337 e. The van der Waals surface area contributed by atoms with Crippen molar-refractivity contribution in [3.8, 4) is 11.3 Å². The maximum absolute atomic E-state index is 12.5. The van der Waals surface area contributed by atoms with E-state index in [2.05, 4.69) is 10.1 Å². The fraction of sp³-hybridized carbons (Fsp3) is 0.190. The molecule has 1 aromatic carbocycles. The first-order valence-corrected chi connectivity index (χ1v) is 9.97. The second-order valence-corrected chi connectivity index (χ2v) is 7.87. The number of thioether (sulfide) groups is 1. The van der Waals surface area contributed by atoms with Crippen molar-refractivity contribution in [1.29, 1.82) is 5.41 Å². The van der Waals surface area contributed by atoms with Crippen molar-refractivity contribution < 1.29 is 18.7 Å². The molecule has 1 N–H and O–H groups in total. The van der Waals surface area contributed by atoms with E-state index in [1.807, 2.05) is 13.8 Å². The number of methoxy groups -OCH3 is 1. The van der Waals surface area contributed by atoms with Gasteiger partial charge in [0.2, 0.25) is 5.17 Å². The van der Waals surface area contributed by atoms with Gasteiger partial charge in [-0.05, 0) is 42.1 Å². The fourth-order valence-corrected chi connectivity index (χ4v) is 3.75. The summed E-state index contributed by atoms with van der Waals surface area (Å²) in [7, 11) is 1.33. The number of fused-ring (bicyclic) bond motifs is 1. The third-order valence-electron chi connectivity index (χ3n) is 4.47. The average molecular weight is 422 g/mol. The first-order chi connectivity index (χ1) is 14.4. The van der Waals surface area contributed by atoms with Crippen molar-refractivity contribution >= 4 is 45.8 Å². The quantitative estimate of drug-likeness (QED) is 0.589. The number of hydrazone groups is 1. The van der Waals surface area contributed by atoms with Crippen molar-refractivity contribution in [2.75, 3.05) is 7.11 Å². The molecule has 2 aromatic rings. The van der Waals surface area contributed by atoms with E-state index < -0.39 is 11.9 Å². The van der Waals surface area contributed by atoms with Gasteiger partial charge < -0.3 is 9.15 Å². The first-order valence-electron chi connectivity index (χ1n) is 9.16. The highest BCUT2D eigenvalue weighted by atomic mass is 32.2. The Morgan fingerprint density at radius 2 is 1.97 bits per heavy atom. The Bertz CT molecular complexity index is 1140. The number of aliphatic imine (C=N–C) groups is 1. The summed E-state index contributed by atoms with van der Waals surface area (Å²) in [4.78, 5) is 28.1. The van der Waals surface area contributed by atoms with Crippen LogP contribution in [-0.4, -0.2) is 40.0 Å². The molecule has 152 valence electrons. The predicted molar refractivity (Wildman–Crippen MR) is 115 cm³/mol. The molecule has 0 spiro atoms. The van der Waals surface area contributed by atoms with E-state index in [0.717, 1.165) is 10.6 Å². The number of nitrogens with zero attached hydrogens (tertiary/aromatic N) is 3. The van der Waals surface area contributed by atoms with Gasteiger partial charge in [-0.2, -0.15) is 15.1 Å². The molecule has 3 heterocycles. The molecular formula is C21H18N4O4S. The van der Waals surface area contributed by atoms with Crippen LogP contribution in [0.2, 0.25) is 0 Å². The minimum absolute atomic E-state index is 0.0338. The summed E-state index contributed by atoms with van der Waals surface area (Å²) in [5.41, 5.74) is 1.31. The van der Waals surface area contributed by atoms with E-state index in [-0.39, 0.29) is 17.3 Å². The SMILES string of the molecule is COC(=O)c1ccc(-c2ccc(C=C3C(=N)N4N=C(C(C)C)SC4=NC3=O)o2)cc1. The van der Waals surface area contributed by atoms with Crippen LogP contribution in [0, 0.1) is 11.3 Å². The standard InChI is InChI=1S/C21H18N4O4S/c1-11(2)19-24-25-17(22)15(18(26)23-21(25)30-19)10-14-8-9-16(29-14)12-4-6-13(7-5-12)20(27)28-3/h4-11,22H,1-3H3. The maximum atomic E-state index is 12.5.